The number of amides is 2. The molecule has 0 aliphatic heterocycles. The highest BCUT2D eigenvalue weighted by molar-refractivity contribution is 6.35. The summed E-state index contributed by atoms with van der Waals surface area (Å²) in [6, 6.07) is 9.62. The van der Waals surface area contributed by atoms with Crippen LogP contribution < -0.4 is 25.1 Å². The molecule has 0 radical (unpaired) electrons. The molecule has 0 aliphatic carbocycles. The van der Waals surface area contributed by atoms with Crippen molar-refractivity contribution in [3.63, 3.8) is 0 Å². The van der Waals surface area contributed by atoms with E-state index in [0.717, 1.165) is 0 Å². The van der Waals surface area contributed by atoms with Gasteiger partial charge in [0.2, 0.25) is 5.91 Å². The molecule has 0 aliphatic rings. The molecule has 9 heteroatoms. The molecule has 2 rings (SSSR count). The van der Waals surface area contributed by atoms with Crippen molar-refractivity contribution in [2.75, 3.05) is 20.8 Å². The van der Waals surface area contributed by atoms with E-state index >= 15 is 0 Å². The van der Waals surface area contributed by atoms with Crippen LogP contribution in [0.15, 0.2) is 36.4 Å². The van der Waals surface area contributed by atoms with Gasteiger partial charge in [-0.25, -0.2) is 0 Å². The van der Waals surface area contributed by atoms with E-state index in [1.807, 2.05) is 0 Å². The SMILES string of the molecule is COc1cc(OC)cc(C(=O)NNC(=O)CCCOc2ccc(Cl)cc2Cl)c1. The number of rotatable bonds is 8. The molecule has 0 unspecified atom stereocenters. The summed E-state index contributed by atoms with van der Waals surface area (Å²) in [4.78, 5) is 24.1. The molecule has 0 heterocycles. The summed E-state index contributed by atoms with van der Waals surface area (Å²) < 4.78 is 15.7. The summed E-state index contributed by atoms with van der Waals surface area (Å²) >= 11 is 11.8. The second-order valence-electron chi connectivity index (χ2n) is 5.63. The fraction of sp³-hybridized carbons (Fsp3) is 0.263. The largest absolute Gasteiger partial charge is 0.497 e. The van der Waals surface area contributed by atoms with Gasteiger partial charge in [-0.1, -0.05) is 23.2 Å². The third-order valence-electron chi connectivity index (χ3n) is 3.63. The molecule has 28 heavy (non-hydrogen) atoms. The molecule has 0 saturated heterocycles. The Morgan fingerprint density at radius 2 is 1.64 bits per heavy atom. The van der Waals surface area contributed by atoms with Gasteiger partial charge in [-0.15, -0.1) is 0 Å². The molecule has 0 fully saturated rings. The summed E-state index contributed by atoms with van der Waals surface area (Å²) in [5.41, 5.74) is 4.99. The smallest absolute Gasteiger partial charge is 0.269 e. The molecular formula is C19H20Cl2N2O5. The van der Waals surface area contributed by atoms with Crippen LogP contribution in [-0.2, 0) is 4.79 Å². The Morgan fingerprint density at radius 3 is 2.25 bits per heavy atom. The topological polar surface area (TPSA) is 85.9 Å². The third kappa shape index (κ3) is 6.51. The van der Waals surface area contributed by atoms with E-state index in [-0.39, 0.29) is 24.5 Å². The van der Waals surface area contributed by atoms with Crippen LogP contribution >= 0.6 is 23.2 Å². The third-order valence-corrected chi connectivity index (χ3v) is 4.16. The first-order chi connectivity index (χ1) is 13.4. The maximum atomic E-state index is 12.2. The van der Waals surface area contributed by atoms with Gasteiger partial charge in [0.1, 0.15) is 17.2 Å². The molecule has 0 spiro atoms. The van der Waals surface area contributed by atoms with Crippen LogP contribution in [0.3, 0.4) is 0 Å². The number of carbonyl (C=O) groups is 2. The molecule has 0 saturated carbocycles. The highest BCUT2D eigenvalue weighted by Crippen LogP contribution is 2.27. The van der Waals surface area contributed by atoms with Crippen molar-refractivity contribution in [1.29, 1.82) is 0 Å². The van der Waals surface area contributed by atoms with Crippen LogP contribution in [0.25, 0.3) is 0 Å². The zero-order chi connectivity index (χ0) is 20.5. The standard InChI is InChI=1S/C19H20Cl2N2O5/c1-26-14-8-12(9-15(11-14)27-2)19(25)23-22-18(24)4-3-7-28-17-6-5-13(20)10-16(17)21/h5-6,8-11H,3-4,7H2,1-2H3,(H,22,24)(H,23,25). The molecule has 2 N–H and O–H groups in total. The maximum Gasteiger partial charge on any atom is 0.269 e. The van der Waals surface area contributed by atoms with E-state index in [4.69, 9.17) is 37.4 Å². The number of halogens is 2. The van der Waals surface area contributed by atoms with E-state index in [1.165, 1.54) is 26.4 Å². The molecule has 7 nitrogen and oxygen atoms in total. The number of ether oxygens (including phenoxy) is 3. The Morgan fingerprint density at radius 1 is 0.964 bits per heavy atom. The van der Waals surface area contributed by atoms with Gasteiger partial charge >= 0.3 is 0 Å². The summed E-state index contributed by atoms with van der Waals surface area (Å²) in [5, 5.41) is 0.916. The van der Waals surface area contributed by atoms with Crippen molar-refractivity contribution < 1.29 is 23.8 Å². The van der Waals surface area contributed by atoms with Crippen molar-refractivity contribution >= 4 is 35.0 Å². The predicted molar refractivity (Wildman–Crippen MR) is 106 cm³/mol. The molecule has 2 aromatic carbocycles. The number of hydrogen-bond acceptors (Lipinski definition) is 5. The van der Waals surface area contributed by atoms with Crippen LogP contribution in [-0.4, -0.2) is 32.6 Å². The lowest BCUT2D eigenvalue weighted by atomic mass is 10.2. The van der Waals surface area contributed by atoms with Crippen molar-refractivity contribution in [2.45, 2.75) is 12.8 Å². The average Bonchev–Trinajstić information content (AvgIpc) is 2.70. The summed E-state index contributed by atoms with van der Waals surface area (Å²) in [6.07, 6.45) is 0.598. The lowest BCUT2D eigenvalue weighted by Crippen LogP contribution is -2.41. The van der Waals surface area contributed by atoms with E-state index < -0.39 is 5.91 Å². The fourth-order valence-electron chi connectivity index (χ4n) is 2.21. The average molecular weight is 427 g/mol. The van der Waals surface area contributed by atoms with Crippen LogP contribution in [0, 0.1) is 0 Å². The minimum absolute atomic E-state index is 0.160. The number of nitrogens with one attached hydrogen (secondary N) is 2. The zero-order valence-electron chi connectivity index (χ0n) is 15.4. The molecule has 2 aromatic rings. The number of hydrazine groups is 1. The second kappa shape index (κ2) is 10.6. The fourth-order valence-corrected chi connectivity index (χ4v) is 2.67. The quantitative estimate of drug-likeness (QED) is 0.497. The number of methoxy groups -OCH3 is 2. The summed E-state index contributed by atoms with van der Waals surface area (Å²) in [6.45, 7) is 0.288. The molecule has 2 amide bonds. The highest BCUT2D eigenvalue weighted by atomic mass is 35.5. The molecule has 0 bridgehead atoms. The van der Waals surface area contributed by atoms with E-state index in [0.29, 0.717) is 33.7 Å². The van der Waals surface area contributed by atoms with Crippen LogP contribution in [0.2, 0.25) is 10.0 Å². The van der Waals surface area contributed by atoms with E-state index in [2.05, 4.69) is 10.9 Å². The first kappa shape index (κ1) is 21.7. The van der Waals surface area contributed by atoms with E-state index in [1.54, 1.807) is 24.3 Å². The lowest BCUT2D eigenvalue weighted by molar-refractivity contribution is -0.122. The van der Waals surface area contributed by atoms with Crippen LogP contribution in [0.5, 0.6) is 17.2 Å². The van der Waals surface area contributed by atoms with Gasteiger partial charge in [0, 0.05) is 23.1 Å². The monoisotopic (exact) mass is 426 g/mol. The van der Waals surface area contributed by atoms with E-state index in [9.17, 15) is 9.59 Å². The first-order valence-corrected chi connectivity index (χ1v) is 9.08. The van der Waals surface area contributed by atoms with Gasteiger partial charge in [0.05, 0.1) is 25.8 Å². The van der Waals surface area contributed by atoms with Crippen LogP contribution in [0.4, 0.5) is 0 Å². The Kier molecular flexibility index (Phi) is 8.22. The van der Waals surface area contributed by atoms with Crippen LogP contribution in [0.1, 0.15) is 23.2 Å². The maximum absolute atomic E-state index is 12.2. The minimum atomic E-state index is -0.491. The van der Waals surface area contributed by atoms with Crippen molar-refractivity contribution in [3.8, 4) is 17.2 Å². The Balaban J connectivity index is 1.75. The lowest BCUT2D eigenvalue weighted by Gasteiger charge is -2.11. The summed E-state index contributed by atoms with van der Waals surface area (Å²) in [5.74, 6) is 0.582. The van der Waals surface area contributed by atoms with Crippen molar-refractivity contribution in [1.82, 2.24) is 10.9 Å². The minimum Gasteiger partial charge on any atom is -0.497 e. The van der Waals surface area contributed by atoms with Gasteiger partial charge in [-0.3, -0.25) is 20.4 Å². The highest BCUT2D eigenvalue weighted by Gasteiger charge is 2.11. The number of benzene rings is 2. The van der Waals surface area contributed by atoms with Gasteiger partial charge in [0.25, 0.3) is 5.91 Å². The molecule has 0 atom stereocenters. The second-order valence-corrected chi connectivity index (χ2v) is 6.47. The van der Waals surface area contributed by atoms with Gasteiger partial charge in [-0.2, -0.15) is 0 Å². The Labute approximate surface area is 172 Å². The van der Waals surface area contributed by atoms with Gasteiger partial charge in [-0.05, 0) is 36.8 Å². The number of hydrogen-bond donors (Lipinski definition) is 2. The summed E-state index contributed by atoms with van der Waals surface area (Å²) in [7, 11) is 2.97. The Hall–Kier alpha value is -2.64. The number of carbonyl (C=O) groups excluding carboxylic acids is 2. The molecular weight excluding hydrogens is 407 g/mol. The zero-order valence-corrected chi connectivity index (χ0v) is 16.9. The van der Waals surface area contributed by atoms with Crippen molar-refractivity contribution in [3.05, 3.63) is 52.0 Å². The van der Waals surface area contributed by atoms with Gasteiger partial charge in [0.15, 0.2) is 0 Å². The normalized spacial score (nSPS) is 10.1. The first-order valence-electron chi connectivity index (χ1n) is 8.33. The van der Waals surface area contributed by atoms with Crippen molar-refractivity contribution in [2.24, 2.45) is 0 Å². The van der Waals surface area contributed by atoms with Gasteiger partial charge < -0.3 is 14.2 Å². The Bertz CT molecular complexity index is 823. The molecule has 150 valence electrons. The molecule has 0 aromatic heterocycles. The predicted octanol–water partition coefficient (Wildman–Crippen LogP) is 3.63.